The summed E-state index contributed by atoms with van der Waals surface area (Å²) in [5.41, 5.74) is 0.337. The highest BCUT2D eigenvalue weighted by molar-refractivity contribution is 5.92. The van der Waals surface area contributed by atoms with Crippen molar-refractivity contribution in [2.24, 2.45) is 5.92 Å². The second kappa shape index (κ2) is 3.79. The molecule has 5 heteroatoms. The number of carbonyl (C=O) groups excluding carboxylic acids is 1. The number of aromatic nitrogens is 1. The summed E-state index contributed by atoms with van der Waals surface area (Å²) in [6, 6.07) is 1.55. The molecule has 1 unspecified atom stereocenters. The van der Waals surface area contributed by atoms with Gasteiger partial charge in [0.2, 0.25) is 0 Å². The van der Waals surface area contributed by atoms with E-state index in [1.54, 1.807) is 11.0 Å². The van der Waals surface area contributed by atoms with Gasteiger partial charge in [0.25, 0.3) is 5.91 Å². The van der Waals surface area contributed by atoms with Crippen LogP contribution in [0.1, 0.15) is 16.9 Å². The first kappa shape index (κ1) is 9.21. The fourth-order valence-corrected chi connectivity index (χ4v) is 1.65. The molecule has 2 heterocycles. The third-order valence-electron chi connectivity index (χ3n) is 2.49. The highest BCUT2D eigenvalue weighted by atomic mass is 16.5. The molecular formula is C9H12N2O3. The SMILES string of the molecule is O=C(c1ccon1)N1CCC(CO)C1. The van der Waals surface area contributed by atoms with Crippen LogP contribution < -0.4 is 0 Å². The van der Waals surface area contributed by atoms with Crippen LogP contribution >= 0.6 is 0 Å². The monoisotopic (exact) mass is 196 g/mol. The number of hydrogen-bond acceptors (Lipinski definition) is 4. The summed E-state index contributed by atoms with van der Waals surface area (Å²) < 4.78 is 4.60. The molecule has 0 aromatic carbocycles. The Bertz CT molecular complexity index is 310. The van der Waals surface area contributed by atoms with Crippen LogP contribution in [-0.4, -0.2) is 40.8 Å². The molecule has 0 aliphatic carbocycles. The predicted molar refractivity (Wildman–Crippen MR) is 47.6 cm³/mol. The number of aliphatic hydroxyl groups is 1. The summed E-state index contributed by atoms with van der Waals surface area (Å²) in [5, 5.41) is 12.5. The summed E-state index contributed by atoms with van der Waals surface area (Å²) in [7, 11) is 0. The van der Waals surface area contributed by atoms with Crippen LogP contribution in [0.5, 0.6) is 0 Å². The van der Waals surface area contributed by atoms with Crippen molar-refractivity contribution in [1.82, 2.24) is 10.1 Å². The maximum Gasteiger partial charge on any atom is 0.276 e. The average Bonchev–Trinajstić information content (AvgIpc) is 2.88. The Labute approximate surface area is 81.3 Å². The van der Waals surface area contributed by atoms with Gasteiger partial charge in [-0.05, 0) is 6.42 Å². The minimum absolute atomic E-state index is 0.116. The van der Waals surface area contributed by atoms with E-state index in [1.165, 1.54) is 6.26 Å². The van der Waals surface area contributed by atoms with Crippen molar-refractivity contribution in [3.05, 3.63) is 18.0 Å². The lowest BCUT2D eigenvalue weighted by Gasteiger charge is -2.13. The van der Waals surface area contributed by atoms with Crippen LogP contribution in [0.4, 0.5) is 0 Å². The summed E-state index contributed by atoms with van der Waals surface area (Å²) in [6.07, 6.45) is 2.24. The van der Waals surface area contributed by atoms with E-state index in [9.17, 15) is 4.79 Å². The molecule has 1 saturated heterocycles. The maximum absolute atomic E-state index is 11.7. The van der Waals surface area contributed by atoms with E-state index < -0.39 is 0 Å². The molecule has 1 aromatic rings. The molecule has 2 rings (SSSR count). The van der Waals surface area contributed by atoms with Gasteiger partial charge in [-0.15, -0.1) is 0 Å². The van der Waals surface area contributed by atoms with E-state index in [1.807, 2.05) is 0 Å². The molecule has 0 spiro atoms. The van der Waals surface area contributed by atoms with Crippen LogP contribution in [0.2, 0.25) is 0 Å². The highest BCUT2D eigenvalue weighted by Crippen LogP contribution is 2.17. The third kappa shape index (κ3) is 1.63. The Kier molecular flexibility index (Phi) is 2.49. The van der Waals surface area contributed by atoms with Gasteiger partial charge in [-0.1, -0.05) is 5.16 Å². The van der Waals surface area contributed by atoms with Crippen molar-refractivity contribution in [3.63, 3.8) is 0 Å². The van der Waals surface area contributed by atoms with E-state index in [0.29, 0.717) is 18.8 Å². The minimum Gasteiger partial charge on any atom is -0.396 e. The molecule has 1 fully saturated rings. The molecule has 1 N–H and O–H groups in total. The van der Waals surface area contributed by atoms with Crippen LogP contribution in [0.25, 0.3) is 0 Å². The van der Waals surface area contributed by atoms with Gasteiger partial charge in [-0.3, -0.25) is 4.79 Å². The summed E-state index contributed by atoms with van der Waals surface area (Å²) >= 11 is 0. The third-order valence-corrected chi connectivity index (χ3v) is 2.49. The maximum atomic E-state index is 11.7. The quantitative estimate of drug-likeness (QED) is 0.730. The molecule has 1 aromatic heterocycles. The Morgan fingerprint density at radius 2 is 2.64 bits per heavy atom. The zero-order chi connectivity index (χ0) is 9.97. The number of amides is 1. The lowest BCUT2D eigenvalue weighted by molar-refractivity contribution is 0.0771. The number of rotatable bonds is 2. The van der Waals surface area contributed by atoms with Crippen molar-refractivity contribution in [2.45, 2.75) is 6.42 Å². The minimum atomic E-state index is -0.116. The molecule has 76 valence electrons. The first-order valence-electron chi connectivity index (χ1n) is 4.62. The number of aliphatic hydroxyl groups excluding tert-OH is 1. The Hall–Kier alpha value is -1.36. The van der Waals surface area contributed by atoms with Gasteiger partial charge in [0.15, 0.2) is 5.69 Å². The molecule has 14 heavy (non-hydrogen) atoms. The summed E-state index contributed by atoms with van der Waals surface area (Å²) in [4.78, 5) is 13.4. The molecule has 1 atom stereocenters. The van der Waals surface area contributed by atoms with E-state index >= 15 is 0 Å². The lowest BCUT2D eigenvalue weighted by Crippen LogP contribution is -2.29. The number of carbonyl (C=O) groups is 1. The molecule has 0 radical (unpaired) electrons. The first-order valence-corrected chi connectivity index (χ1v) is 4.62. The summed E-state index contributed by atoms with van der Waals surface area (Å²) in [5.74, 6) is 0.0977. The molecule has 0 bridgehead atoms. The van der Waals surface area contributed by atoms with Crippen LogP contribution in [-0.2, 0) is 0 Å². The van der Waals surface area contributed by atoms with Gasteiger partial charge >= 0.3 is 0 Å². The van der Waals surface area contributed by atoms with Crippen molar-refractivity contribution in [3.8, 4) is 0 Å². The van der Waals surface area contributed by atoms with Crippen molar-refractivity contribution < 1.29 is 14.4 Å². The van der Waals surface area contributed by atoms with Gasteiger partial charge in [0.1, 0.15) is 6.26 Å². The molecule has 1 aliphatic heterocycles. The zero-order valence-corrected chi connectivity index (χ0v) is 7.72. The Balaban J connectivity index is 2.00. The fourth-order valence-electron chi connectivity index (χ4n) is 1.65. The van der Waals surface area contributed by atoms with Crippen LogP contribution in [0.15, 0.2) is 16.9 Å². The van der Waals surface area contributed by atoms with E-state index in [-0.39, 0.29) is 18.4 Å². The van der Waals surface area contributed by atoms with E-state index in [0.717, 1.165) is 6.42 Å². The van der Waals surface area contributed by atoms with Crippen molar-refractivity contribution in [2.75, 3.05) is 19.7 Å². The molecular weight excluding hydrogens is 184 g/mol. The standard InChI is InChI=1S/C9H12N2O3/c12-6-7-1-3-11(5-7)9(13)8-2-4-14-10-8/h2,4,7,12H,1,3,5-6H2. The fraction of sp³-hybridized carbons (Fsp3) is 0.556. The predicted octanol–water partition coefficient (Wildman–Crippen LogP) is 0.129. The normalized spacial score (nSPS) is 21.5. The molecule has 1 amide bonds. The van der Waals surface area contributed by atoms with E-state index in [2.05, 4.69) is 9.68 Å². The molecule has 5 nitrogen and oxygen atoms in total. The van der Waals surface area contributed by atoms with E-state index in [4.69, 9.17) is 5.11 Å². The van der Waals surface area contributed by atoms with Crippen LogP contribution in [0, 0.1) is 5.92 Å². The van der Waals surface area contributed by atoms with Crippen LogP contribution in [0.3, 0.4) is 0 Å². The average molecular weight is 196 g/mol. The van der Waals surface area contributed by atoms with Crippen molar-refractivity contribution >= 4 is 5.91 Å². The van der Waals surface area contributed by atoms with Gasteiger partial charge in [0, 0.05) is 31.7 Å². The van der Waals surface area contributed by atoms with Gasteiger partial charge in [-0.2, -0.15) is 0 Å². The van der Waals surface area contributed by atoms with Gasteiger partial charge < -0.3 is 14.5 Å². The molecule has 0 saturated carbocycles. The lowest BCUT2D eigenvalue weighted by atomic mass is 10.1. The highest BCUT2D eigenvalue weighted by Gasteiger charge is 2.27. The first-order chi connectivity index (χ1) is 6.81. The second-order valence-electron chi connectivity index (χ2n) is 3.47. The van der Waals surface area contributed by atoms with Gasteiger partial charge in [0.05, 0.1) is 0 Å². The second-order valence-corrected chi connectivity index (χ2v) is 3.47. The smallest absolute Gasteiger partial charge is 0.276 e. The number of likely N-dealkylation sites (tertiary alicyclic amines) is 1. The van der Waals surface area contributed by atoms with Gasteiger partial charge in [-0.25, -0.2) is 0 Å². The Morgan fingerprint density at radius 3 is 3.21 bits per heavy atom. The summed E-state index contributed by atoms with van der Waals surface area (Å²) in [6.45, 7) is 1.45. The topological polar surface area (TPSA) is 66.6 Å². The zero-order valence-electron chi connectivity index (χ0n) is 7.72. The number of nitrogens with zero attached hydrogens (tertiary/aromatic N) is 2. The molecule has 1 aliphatic rings. The van der Waals surface area contributed by atoms with Crippen molar-refractivity contribution in [1.29, 1.82) is 0 Å². The largest absolute Gasteiger partial charge is 0.396 e. The number of hydrogen-bond donors (Lipinski definition) is 1. The Morgan fingerprint density at radius 1 is 1.79 bits per heavy atom.